The molecule has 118 valence electrons. The van der Waals surface area contributed by atoms with Crippen LogP contribution in [0.25, 0.3) is 0 Å². The zero-order valence-corrected chi connectivity index (χ0v) is 13.2. The SMILES string of the molecule is C[C@@]12C[C@H](NC(=S)N1c1ccc(F)cc1)c1cc(F)ccc1O2. The van der Waals surface area contributed by atoms with Gasteiger partial charge in [-0.2, -0.15) is 0 Å². The van der Waals surface area contributed by atoms with Gasteiger partial charge in [-0.15, -0.1) is 0 Å². The zero-order valence-electron chi connectivity index (χ0n) is 12.3. The molecule has 2 bridgehead atoms. The Morgan fingerprint density at radius 1 is 1.17 bits per heavy atom. The number of anilines is 1. The van der Waals surface area contributed by atoms with Crippen molar-refractivity contribution in [2.75, 3.05) is 4.90 Å². The van der Waals surface area contributed by atoms with E-state index in [9.17, 15) is 8.78 Å². The normalized spacial score (nSPS) is 25.4. The number of hydrogen-bond acceptors (Lipinski definition) is 2. The smallest absolute Gasteiger partial charge is 0.188 e. The monoisotopic (exact) mass is 332 g/mol. The van der Waals surface area contributed by atoms with E-state index >= 15 is 0 Å². The van der Waals surface area contributed by atoms with Crippen LogP contribution in [-0.4, -0.2) is 10.8 Å². The molecule has 0 unspecified atom stereocenters. The lowest BCUT2D eigenvalue weighted by Crippen LogP contribution is -2.65. The molecule has 0 radical (unpaired) electrons. The maximum atomic E-state index is 13.5. The van der Waals surface area contributed by atoms with E-state index in [1.807, 2.05) is 11.8 Å². The predicted molar refractivity (Wildman–Crippen MR) is 87.4 cm³/mol. The summed E-state index contributed by atoms with van der Waals surface area (Å²) in [5.74, 6) is 0.0231. The minimum atomic E-state index is -0.713. The molecule has 1 fully saturated rings. The summed E-state index contributed by atoms with van der Waals surface area (Å²) in [6.45, 7) is 1.93. The molecular weight excluding hydrogens is 318 g/mol. The van der Waals surface area contributed by atoms with Gasteiger partial charge in [-0.25, -0.2) is 8.78 Å². The third-order valence-electron chi connectivity index (χ3n) is 4.32. The van der Waals surface area contributed by atoms with Gasteiger partial charge in [0.25, 0.3) is 0 Å². The van der Waals surface area contributed by atoms with E-state index in [-0.39, 0.29) is 17.7 Å². The van der Waals surface area contributed by atoms with Crippen LogP contribution in [0.5, 0.6) is 5.75 Å². The van der Waals surface area contributed by atoms with Gasteiger partial charge in [0.05, 0.1) is 6.04 Å². The van der Waals surface area contributed by atoms with E-state index in [1.165, 1.54) is 24.3 Å². The maximum Gasteiger partial charge on any atom is 0.188 e. The highest BCUT2D eigenvalue weighted by molar-refractivity contribution is 7.80. The first kappa shape index (κ1) is 14.4. The summed E-state index contributed by atoms with van der Waals surface area (Å²) < 4.78 is 32.9. The molecule has 6 heteroatoms. The molecule has 2 heterocycles. The second-order valence-electron chi connectivity index (χ2n) is 5.98. The van der Waals surface area contributed by atoms with Gasteiger partial charge in [0.15, 0.2) is 10.8 Å². The number of thiocarbonyl (C=S) groups is 1. The van der Waals surface area contributed by atoms with Crippen LogP contribution in [0.3, 0.4) is 0 Å². The van der Waals surface area contributed by atoms with Crippen molar-refractivity contribution in [2.24, 2.45) is 0 Å². The van der Waals surface area contributed by atoms with Gasteiger partial charge < -0.3 is 10.1 Å². The Bertz CT molecular complexity index is 796. The van der Waals surface area contributed by atoms with Crippen LogP contribution < -0.4 is 15.0 Å². The van der Waals surface area contributed by atoms with Crippen LogP contribution in [0.4, 0.5) is 14.5 Å². The Morgan fingerprint density at radius 3 is 2.61 bits per heavy atom. The molecule has 0 aliphatic carbocycles. The Morgan fingerprint density at radius 2 is 1.87 bits per heavy atom. The topological polar surface area (TPSA) is 24.5 Å². The van der Waals surface area contributed by atoms with E-state index in [4.69, 9.17) is 17.0 Å². The summed E-state index contributed by atoms with van der Waals surface area (Å²) in [4.78, 5) is 1.84. The molecule has 1 N–H and O–H groups in total. The van der Waals surface area contributed by atoms with Crippen LogP contribution in [0.2, 0.25) is 0 Å². The fourth-order valence-corrected chi connectivity index (χ4v) is 3.77. The standard InChI is InChI=1S/C17H14F2N2OS/c1-17-9-14(13-8-11(19)4-7-15(13)22-17)20-16(23)21(17)12-5-2-10(18)3-6-12/h2-8,14H,9H2,1H3,(H,20,23)/t14-,17+/m0/s1. The number of halogens is 2. The van der Waals surface area contributed by atoms with Crippen molar-refractivity contribution in [3.63, 3.8) is 0 Å². The molecule has 0 amide bonds. The van der Waals surface area contributed by atoms with Gasteiger partial charge in [0.1, 0.15) is 17.4 Å². The average Bonchev–Trinajstić information content (AvgIpc) is 2.49. The molecule has 2 aliphatic heterocycles. The van der Waals surface area contributed by atoms with Gasteiger partial charge >= 0.3 is 0 Å². The van der Waals surface area contributed by atoms with Crippen LogP contribution in [0, 0.1) is 11.6 Å². The van der Waals surface area contributed by atoms with Crippen LogP contribution in [0.1, 0.15) is 24.9 Å². The number of rotatable bonds is 1. The summed E-state index contributed by atoms with van der Waals surface area (Å²) in [6, 6.07) is 10.5. The summed E-state index contributed by atoms with van der Waals surface area (Å²) in [5.41, 5.74) is 0.800. The predicted octanol–water partition coefficient (Wildman–Crippen LogP) is 3.90. The maximum absolute atomic E-state index is 13.5. The van der Waals surface area contributed by atoms with E-state index in [2.05, 4.69) is 5.32 Å². The molecule has 2 aliphatic rings. The first-order valence-corrected chi connectivity index (χ1v) is 7.72. The number of benzene rings is 2. The number of nitrogens with one attached hydrogen (secondary N) is 1. The van der Waals surface area contributed by atoms with Crippen molar-refractivity contribution in [3.05, 3.63) is 59.7 Å². The minimum Gasteiger partial charge on any atom is -0.467 e. The molecular formula is C17H14F2N2OS. The van der Waals surface area contributed by atoms with Crippen molar-refractivity contribution in [1.82, 2.24) is 5.32 Å². The van der Waals surface area contributed by atoms with Crippen LogP contribution in [0.15, 0.2) is 42.5 Å². The molecule has 23 heavy (non-hydrogen) atoms. The van der Waals surface area contributed by atoms with Crippen molar-refractivity contribution in [3.8, 4) is 5.75 Å². The molecule has 2 aromatic rings. The number of fused-ring (bicyclic) bond motifs is 4. The van der Waals surface area contributed by atoms with E-state index in [0.717, 1.165) is 11.3 Å². The van der Waals surface area contributed by atoms with Gasteiger partial charge in [0.2, 0.25) is 0 Å². The summed E-state index contributed by atoms with van der Waals surface area (Å²) in [5, 5.41) is 3.71. The molecule has 0 aromatic heterocycles. The zero-order chi connectivity index (χ0) is 16.2. The average molecular weight is 332 g/mol. The number of nitrogens with zero attached hydrogens (tertiary/aromatic N) is 1. The quantitative estimate of drug-likeness (QED) is 0.801. The highest BCUT2D eigenvalue weighted by Crippen LogP contribution is 2.45. The summed E-state index contributed by atoms with van der Waals surface area (Å²) in [6.07, 6.45) is 0.598. The van der Waals surface area contributed by atoms with E-state index in [1.54, 1.807) is 18.2 Å². The first-order valence-electron chi connectivity index (χ1n) is 7.31. The molecule has 0 spiro atoms. The largest absolute Gasteiger partial charge is 0.467 e. The molecule has 1 saturated heterocycles. The number of hydrogen-bond donors (Lipinski definition) is 1. The van der Waals surface area contributed by atoms with Gasteiger partial charge in [0, 0.05) is 17.7 Å². The Balaban J connectivity index is 1.79. The molecule has 2 aromatic carbocycles. The van der Waals surface area contributed by atoms with Crippen molar-refractivity contribution in [1.29, 1.82) is 0 Å². The second kappa shape index (κ2) is 4.89. The highest BCUT2D eigenvalue weighted by atomic mass is 32.1. The third kappa shape index (κ3) is 2.25. The van der Waals surface area contributed by atoms with Crippen molar-refractivity contribution >= 4 is 23.0 Å². The Kier molecular flexibility index (Phi) is 3.06. The van der Waals surface area contributed by atoms with E-state index in [0.29, 0.717) is 17.3 Å². The molecule has 3 nitrogen and oxygen atoms in total. The molecule has 2 atom stereocenters. The fraction of sp³-hybridized carbons (Fsp3) is 0.235. The second-order valence-corrected chi connectivity index (χ2v) is 6.36. The summed E-state index contributed by atoms with van der Waals surface area (Å²) in [7, 11) is 0. The van der Waals surface area contributed by atoms with Crippen LogP contribution in [-0.2, 0) is 0 Å². The lowest BCUT2D eigenvalue weighted by molar-refractivity contribution is 0.0495. The Hall–Kier alpha value is -2.21. The lowest BCUT2D eigenvalue weighted by Gasteiger charge is -2.52. The van der Waals surface area contributed by atoms with Gasteiger partial charge in [-0.1, -0.05) is 0 Å². The lowest BCUT2D eigenvalue weighted by atomic mass is 9.90. The number of ether oxygens (including phenoxy) is 1. The van der Waals surface area contributed by atoms with Crippen molar-refractivity contribution < 1.29 is 13.5 Å². The van der Waals surface area contributed by atoms with Gasteiger partial charge in [-0.3, -0.25) is 4.90 Å². The summed E-state index contributed by atoms with van der Waals surface area (Å²) >= 11 is 5.48. The van der Waals surface area contributed by atoms with Crippen LogP contribution >= 0.6 is 12.2 Å². The Labute approximate surface area is 137 Å². The molecule has 4 rings (SSSR count). The molecule has 0 saturated carbocycles. The fourth-order valence-electron chi connectivity index (χ4n) is 3.33. The van der Waals surface area contributed by atoms with Gasteiger partial charge in [-0.05, 0) is 61.6 Å². The van der Waals surface area contributed by atoms with Crippen molar-refractivity contribution in [2.45, 2.75) is 25.1 Å². The first-order chi connectivity index (χ1) is 11.0. The van der Waals surface area contributed by atoms with E-state index < -0.39 is 5.72 Å². The third-order valence-corrected chi connectivity index (χ3v) is 4.62. The minimum absolute atomic E-state index is 0.108. The highest BCUT2D eigenvalue weighted by Gasteiger charge is 2.48.